The fraction of sp³-hybridized carbons (Fsp3) is 0.538. The number of aliphatic hydroxyl groups is 1. The third kappa shape index (κ3) is 3.80. The predicted molar refractivity (Wildman–Crippen MR) is 72.9 cm³/mol. The highest BCUT2D eigenvalue weighted by Crippen LogP contribution is 2.22. The van der Waals surface area contributed by atoms with E-state index in [0.29, 0.717) is 6.54 Å². The van der Waals surface area contributed by atoms with E-state index in [1.807, 2.05) is 19.9 Å². The Morgan fingerprint density at radius 1 is 1.38 bits per heavy atom. The molecule has 0 radical (unpaired) electrons. The number of halogens is 1. The molecule has 2 N–H and O–H groups in total. The zero-order chi connectivity index (χ0) is 12.2. The van der Waals surface area contributed by atoms with Crippen molar-refractivity contribution in [2.24, 2.45) is 0 Å². The molecule has 0 heterocycles. The zero-order valence-electron chi connectivity index (χ0n) is 10.2. The maximum Gasteiger partial charge on any atom is 0.0788 e. The minimum Gasteiger partial charge on any atom is -0.388 e. The van der Waals surface area contributed by atoms with Crippen molar-refractivity contribution in [3.63, 3.8) is 0 Å². The Hall–Kier alpha value is -0.540. The van der Waals surface area contributed by atoms with E-state index in [1.54, 1.807) is 0 Å². The predicted octanol–water partition coefficient (Wildman–Crippen LogP) is 3.58. The lowest BCUT2D eigenvalue weighted by Gasteiger charge is -2.23. The van der Waals surface area contributed by atoms with Crippen LogP contribution >= 0.6 is 15.9 Å². The van der Waals surface area contributed by atoms with Crippen LogP contribution in [0.4, 0.5) is 5.69 Å². The summed E-state index contributed by atoms with van der Waals surface area (Å²) in [6, 6.07) is 6.18. The van der Waals surface area contributed by atoms with Crippen molar-refractivity contribution in [2.45, 2.75) is 39.2 Å². The molecular weight excluding hydrogens is 266 g/mol. The molecule has 3 heteroatoms. The molecule has 0 fully saturated rings. The standard InChI is InChI=1S/C13H20BrNO/c1-4-10-8-11(14)6-7-12(10)15-9-13(3,16)5-2/h6-8,15-16H,4-5,9H2,1-3H3. The highest BCUT2D eigenvalue weighted by Gasteiger charge is 2.17. The second-order valence-electron chi connectivity index (χ2n) is 4.36. The average Bonchev–Trinajstić information content (AvgIpc) is 2.27. The molecule has 0 aliphatic carbocycles. The zero-order valence-corrected chi connectivity index (χ0v) is 11.8. The largest absolute Gasteiger partial charge is 0.388 e. The summed E-state index contributed by atoms with van der Waals surface area (Å²) in [7, 11) is 0. The molecule has 2 nitrogen and oxygen atoms in total. The summed E-state index contributed by atoms with van der Waals surface area (Å²) in [5, 5.41) is 13.2. The number of anilines is 1. The van der Waals surface area contributed by atoms with Crippen molar-refractivity contribution in [2.75, 3.05) is 11.9 Å². The van der Waals surface area contributed by atoms with Crippen molar-refractivity contribution < 1.29 is 5.11 Å². The van der Waals surface area contributed by atoms with E-state index in [4.69, 9.17) is 0 Å². The van der Waals surface area contributed by atoms with Crippen molar-refractivity contribution in [3.05, 3.63) is 28.2 Å². The van der Waals surface area contributed by atoms with Crippen LogP contribution in [0.15, 0.2) is 22.7 Å². The molecule has 0 aliphatic rings. The van der Waals surface area contributed by atoms with E-state index in [-0.39, 0.29) is 0 Å². The molecule has 1 aromatic rings. The number of nitrogens with one attached hydrogen (secondary N) is 1. The molecule has 0 spiro atoms. The first kappa shape index (κ1) is 13.5. The van der Waals surface area contributed by atoms with Crippen LogP contribution in [0.5, 0.6) is 0 Å². The van der Waals surface area contributed by atoms with Gasteiger partial charge in [0.05, 0.1) is 5.60 Å². The Bertz CT molecular complexity index is 350. The summed E-state index contributed by atoms with van der Waals surface area (Å²) in [4.78, 5) is 0. The number of benzene rings is 1. The quantitative estimate of drug-likeness (QED) is 0.867. The maximum absolute atomic E-state index is 9.93. The van der Waals surface area contributed by atoms with Gasteiger partial charge in [0.25, 0.3) is 0 Å². The first-order chi connectivity index (χ1) is 7.48. The molecule has 1 aromatic carbocycles. The number of rotatable bonds is 5. The van der Waals surface area contributed by atoms with Gasteiger partial charge in [-0.15, -0.1) is 0 Å². The summed E-state index contributed by atoms with van der Waals surface area (Å²) < 4.78 is 1.09. The monoisotopic (exact) mass is 285 g/mol. The Morgan fingerprint density at radius 2 is 2.06 bits per heavy atom. The van der Waals surface area contributed by atoms with Gasteiger partial charge in [-0.05, 0) is 43.5 Å². The molecule has 0 saturated carbocycles. The van der Waals surface area contributed by atoms with Crippen molar-refractivity contribution in [1.82, 2.24) is 0 Å². The molecule has 0 bridgehead atoms. The molecule has 0 amide bonds. The Balaban J connectivity index is 2.74. The van der Waals surface area contributed by atoms with Crippen LogP contribution in [0.3, 0.4) is 0 Å². The lowest BCUT2D eigenvalue weighted by atomic mass is 10.0. The van der Waals surface area contributed by atoms with Gasteiger partial charge in [0, 0.05) is 16.7 Å². The van der Waals surface area contributed by atoms with Crippen LogP contribution in [0.1, 0.15) is 32.8 Å². The normalized spacial score (nSPS) is 14.6. The van der Waals surface area contributed by atoms with Crippen molar-refractivity contribution >= 4 is 21.6 Å². The summed E-state index contributed by atoms with van der Waals surface area (Å²) in [5.74, 6) is 0. The minimum atomic E-state index is -0.641. The van der Waals surface area contributed by atoms with E-state index in [0.717, 1.165) is 23.0 Å². The molecule has 90 valence electrons. The van der Waals surface area contributed by atoms with Gasteiger partial charge >= 0.3 is 0 Å². The van der Waals surface area contributed by atoms with E-state index in [2.05, 4.69) is 40.3 Å². The summed E-state index contributed by atoms with van der Waals surface area (Å²) in [6.45, 7) is 6.55. The van der Waals surface area contributed by atoms with Crippen molar-refractivity contribution in [1.29, 1.82) is 0 Å². The molecular formula is C13H20BrNO. The molecule has 0 aromatic heterocycles. The molecule has 1 atom stereocenters. The highest BCUT2D eigenvalue weighted by atomic mass is 79.9. The van der Waals surface area contributed by atoms with Crippen LogP contribution in [0.25, 0.3) is 0 Å². The smallest absolute Gasteiger partial charge is 0.0788 e. The third-order valence-electron chi connectivity index (χ3n) is 2.87. The number of aryl methyl sites for hydroxylation is 1. The topological polar surface area (TPSA) is 32.3 Å². The van der Waals surface area contributed by atoms with Gasteiger partial charge in [-0.3, -0.25) is 0 Å². The Kier molecular flexibility index (Phi) is 4.81. The Labute approximate surface area is 106 Å². The van der Waals surface area contributed by atoms with E-state index < -0.39 is 5.60 Å². The second kappa shape index (κ2) is 5.69. The van der Waals surface area contributed by atoms with Gasteiger partial charge in [0.1, 0.15) is 0 Å². The van der Waals surface area contributed by atoms with Gasteiger partial charge in [-0.2, -0.15) is 0 Å². The van der Waals surface area contributed by atoms with E-state index in [9.17, 15) is 5.11 Å². The fourth-order valence-corrected chi connectivity index (χ4v) is 1.85. The molecule has 0 aliphatic heterocycles. The SMILES string of the molecule is CCc1cc(Br)ccc1NCC(C)(O)CC. The number of hydrogen-bond donors (Lipinski definition) is 2. The number of hydrogen-bond acceptors (Lipinski definition) is 2. The van der Waals surface area contributed by atoms with E-state index in [1.165, 1.54) is 5.56 Å². The molecule has 1 rings (SSSR count). The van der Waals surface area contributed by atoms with Gasteiger partial charge in [0.2, 0.25) is 0 Å². The first-order valence-corrected chi connectivity index (χ1v) is 6.52. The molecule has 0 saturated heterocycles. The fourth-order valence-electron chi connectivity index (χ4n) is 1.44. The lowest BCUT2D eigenvalue weighted by molar-refractivity contribution is 0.0697. The van der Waals surface area contributed by atoms with Crippen LogP contribution in [-0.2, 0) is 6.42 Å². The van der Waals surface area contributed by atoms with Gasteiger partial charge < -0.3 is 10.4 Å². The maximum atomic E-state index is 9.93. The summed E-state index contributed by atoms with van der Waals surface area (Å²) >= 11 is 3.46. The van der Waals surface area contributed by atoms with Gasteiger partial charge in [0.15, 0.2) is 0 Å². The van der Waals surface area contributed by atoms with Crippen LogP contribution < -0.4 is 5.32 Å². The van der Waals surface area contributed by atoms with E-state index >= 15 is 0 Å². The lowest BCUT2D eigenvalue weighted by Crippen LogP contribution is -2.32. The Morgan fingerprint density at radius 3 is 2.62 bits per heavy atom. The van der Waals surface area contributed by atoms with Gasteiger partial charge in [-0.1, -0.05) is 29.8 Å². The summed E-state index contributed by atoms with van der Waals surface area (Å²) in [5.41, 5.74) is 1.73. The molecule has 1 unspecified atom stereocenters. The highest BCUT2D eigenvalue weighted by molar-refractivity contribution is 9.10. The van der Waals surface area contributed by atoms with Crippen LogP contribution in [-0.4, -0.2) is 17.3 Å². The van der Waals surface area contributed by atoms with Gasteiger partial charge in [-0.25, -0.2) is 0 Å². The minimum absolute atomic E-state index is 0.581. The first-order valence-electron chi connectivity index (χ1n) is 5.73. The average molecular weight is 286 g/mol. The van der Waals surface area contributed by atoms with Crippen molar-refractivity contribution in [3.8, 4) is 0 Å². The van der Waals surface area contributed by atoms with Crippen LogP contribution in [0.2, 0.25) is 0 Å². The third-order valence-corrected chi connectivity index (χ3v) is 3.36. The van der Waals surface area contributed by atoms with Crippen LogP contribution in [0, 0.1) is 0 Å². The summed E-state index contributed by atoms with van der Waals surface area (Å²) in [6.07, 6.45) is 1.73. The molecule has 16 heavy (non-hydrogen) atoms. The second-order valence-corrected chi connectivity index (χ2v) is 5.27.